The lowest BCUT2D eigenvalue weighted by atomic mass is 10.1. The molecule has 1 N–H and O–H groups in total. The Kier molecular flexibility index (Phi) is 5.13. The number of benzene rings is 1. The minimum absolute atomic E-state index is 0.0363. The van der Waals surface area contributed by atoms with Crippen LogP contribution < -0.4 is 5.43 Å². The molecule has 0 aliphatic rings. The first-order chi connectivity index (χ1) is 8.19. The Balaban J connectivity index is 2.72. The Morgan fingerprint density at radius 3 is 2.65 bits per heavy atom. The number of nitro benzene ring substituents is 1. The van der Waals surface area contributed by atoms with Crippen molar-refractivity contribution in [1.82, 2.24) is 0 Å². The maximum absolute atomic E-state index is 10.7. The van der Waals surface area contributed by atoms with E-state index in [1.165, 1.54) is 6.07 Å². The summed E-state index contributed by atoms with van der Waals surface area (Å²) in [6.07, 6.45) is 3.83. The molecular weight excluding hydrogens is 218 g/mol. The molecule has 0 bridgehead atoms. The number of nitrogens with one attached hydrogen (secondary N) is 1. The van der Waals surface area contributed by atoms with Crippen molar-refractivity contribution in [2.24, 2.45) is 11.0 Å². The highest BCUT2D eigenvalue weighted by Crippen LogP contribution is 2.22. The molecule has 17 heavy (non-hydrogen) atoms. The summed E-state index contributed by atoms with van der Waals surface area (Å²) in [7, 11) is 0. The van der Waals surface area contributed by atoms with Crippen molar-refractivity contribution in [1.29, 1.82) is 0 Å². The van der Waals surface area contributed by atoms with Gasteiger partial charge in [0.1, 0.15) is 5.69 Å². The van der Waals surface area contributed by atoms with Gasteiger partial charge in [-0.3, -0.25) is 15.5 Å². The second kappa shape index (κ2) is 6.62. The molecule has 0 aliphatic carbocycles. The van der Waals surface area contributed by atoms with Crippen molar-refractivity contribution in [2.45, 2.75) is 26.7 Å². The van der Waals surface area contributed by atoms with Gasteiger partial charge in [-0.2, -0.15) is 5.10 Å². The van der Waals surface area contributed by atoms with Gasteiger partial charge in [0, 0.05) is 12.3 Å². The van der Waals surface area contributed by atoms with Crippen molar-refractivity contribution in [3.8, 4) is 0 Å². The number of nitro groups is 1. The van der Waals surface area contributed by atoms with Crippen LogP contribution in [-0.4, -0.2) is 11.1 Å². The molecule has 0 spiro atoms. The van der Waals surface area contributed by atoms with Gasteiger partial charge < -0.3 is 0 Å². The average molecular weight is 235 g/mol. The van der Waals surface area contributed by atoms with Crippen LogP contribution in [0.3, 0.4) is 0 Å². The molecule has 0 aromatic heterocycles. The molecule has 1 aromatic carbocycles. The zero-order valence-electron chi connectivity index (χ0n) is 10.1. The van der Waals surface area contributed by atoms with E-state index in [2.05, 4.69) is 24.4 Å². The normalized spacial score (nSPS) is 11.0. The molecule has 0 amide bonds. The first-order valence-electron chi connectivity index (χ1n) is 5.71. The van der Waals surface area contributed by atoms with Crippen molar-refractivity contribution in [3.63, 3.8) is 0 Å². The molecule has 0 saturated heterocycles. The molecule has 92 valence electrons. The number of hydrogen-bond acceptors (Lipinski definition) is 4. The maximum atomic E-state index is 10.7. The maximum Gasteiger partial charge on any atom is 0.294 e. The topological polar surface area (TPSA) is 67.5 Å². The summed E-state index contributed by atoms with van der Waals surface area (Å²) < 4.78 is 0. The van der Waals surface area contributed by atoms with Crippen LogP contribution in [0.5, 0.6) is 0 Å². The summed E-state index contributed by atoms with van der Waals surface area (Å²) in [5, 5.41) is 14.8. The predicted octanol–water partition coefficient (Wildman–Crippen LogP) is 3.43. The molecule has 5 nitrogen and oxygen atoms in total. The molecule has 0 aliphatic heterocycles. The Labute approximate surface area is 101 Å². The third-order valence-electron chi connectivity index (χ3n) is 2.62. The highest BCUT2D eigenvalue weighted by molar-refractivity contribution is 5.65. The van der Waals surface area contributed by atoms with Crippen molar-refractivity contribution in [3.05, 3.63) is 34.4 Å². The van der Waals surface area contributed by atoms with E-state index in [1.807, 2.05) is 0 Å². The molecule has 0 unspecified atom stereocenters. The number of nitrogens with zero attached hydrogens (tertiary/aromatic N) is 2. The number of rotatable bonds is 6. The Hall–Kier alpha value is -1.91. The summed E-state index contributed by atoms with van der Waals surface area (Å²) in [5.74, 6) is 0.408. The van der Waals surface area contributed by atoms with Gasteiger partial charge in [0.2, 0.25) is 0 Å². The highest BCUT2D eigenvalue weighted by atomic mass is 16.6. The van der Waals surface area contributed by atoms with Crippen LogP contribution in [0.25, 0.3) is 0 Å². The van der Waals surface area contributed by atoms with Crippen molar-refractivity contribution >= 4 is 17.6 Å². The second-order valence-electron chi connectivity index (χ2n) is 3.74. The molecule has 0 heterocycles. The van der Waals surface area contributed by atoms with Crippen LogP contribution in [0.4, 0.5) is 11.4 Å². The number of para-hydroxylation sites is 2. The smallest absolute Gasteiger partial charge is 0.272 e. The fourth-order valence-electron chi connectivity index (χ4n) is 1.44. The van der Waals surface area contributed by atoms with E-state index < -0.39 is 4.92 Å². The lowest BCUT2D eigenvalue weighted by Crippen LogP contribution is -2.01. The van der Waals surface area contributed by atoms with E-state index in [1.54, 1.807) is 24.4 Å². The van der Waals surface area contributed by atoms with Crippen LogP contribution in [0.2, 0.25) is 0 Å². The molecule has 5 heteroatoms. The molecule has 0 radical (unpaired) electrons. The van der Waals surface area contributed by atoms with Gasteiger partial charge in [0.25, 0.3) is 5.69 Å². The minimum Gasteiger partial charge on any atom is -0.272 e. The SMILES string of the molecule is CCC(/C=N\Nc1ccccc1[N+](=O)[O-])CC. The summed E-state index contributed by atoms with van der Waals surface area (Å²) in [6.45, 7) is 4.18. The van der Waals surface area contributed by atoms with Crippen molar-refractivity contribution in [2.75, 3.05) is 5.43 Å². The van der Waals surface area contributed by atoms with Crippen LogP contribution in [0.1, 0.15) is 26.7 Å². The van der Waals surface area contributed by atoms with Crippen LogP contribution in [0, 0.1) is 16.0 Å². The second-order valence-corrected chi connectivity index (χ2v) is 3.74. The van der Waals surface area contributed by atoms with E-state index in [-0.39, 0.29) is 5.69 Å². The zero-order chi connectivity index (χ0) is 12.7. The lowest BCUT2D eigenvalue weighted by Gasteiger charge is -2.05. The minimum atomic E-state index is -0.422. The van der Waals surface area contributed by atoms with Gasteiger partial charge in [-0.25, -0.2) is 0 Å². The first kappa shape index (κ1) is 13.2. The first-order valence-corrected chi connectivity index (χ1v) is 5.71. The number of anilines is 1. The van der Waals surface area contributed by atoms with Crippen LogP contribution in [0.15, 0.2) is 29.4 Å². The van der Waals surface area contributed by atoms with Crippen molar-refractivity contribution < 1.29 is 4.92 Å². The molecule has 0 saturated carbocycles. The summed E-state index contributed by atoms with van der Waals surface area (Å²) in [6, 6.07) is 6.47. The molecule has 1 rings (SSSR count). The van der Waals surface area contributed by atoms with Gasteiger partial charge >= 0.3 is 0 Å². The average Bonchev–Trinajstić information content (AvgIpc) is 2.35. The van der Waals surface area contributed by atoms with Gasteiger partial charge in [-0.15, -0.1) is 0 Å². The number of hydrazone groups is 1. The van der Waals surface area contributed by atoms with Gasteiger partial charge in [0.15, 0.2) is 0 Å². The van der Waals surface area contributed by atoms with Crippen LogP contribution in [-0.2, 0) is 0 Å². The zero-order valence-corrected chi connectivity index (χ0v) is 10.1. The standard InChI is InChI=1S/C12H17N3O2/c1-3-10(4-2)9-13-14-11-7-5-6-8-12(11)15(16)17/h5-10,14H,3-4H2,1-2H3/b13-9-. The van der Waals surface area contributed by atoms with Gasteiger partial charge in [-0.1, -0.05) is 26.0 Å². The summed E-state index contributed by atoms with van der Waals surface area (Å²) in [5.41, 5.74) is 3.17. The highest BCUT2D eigenvalue weighted by Gasteiger charge is 2.11. The fraction of sp³-hybridized carbons (Fsp3) is 0.417. The summed E-state index contributed by atoms with van der Waals surface area (Å²) in [4.78, 5) is 10.3. The molecular formula is C12H17N3O2. The Morgan fingerprint density at radius 2 is 2.06 bits per heavy atom. The quantitative estimate of drug-likeness (QED) is 0.466. The van der Waals surface area contributed by atoms with E-state index >= 15 is 0 Å². The fourth-order valence-corrected chi connectivity index (χ4v) is 1.44. The number of hydrogen-bond donors (Lipinski definition) is 1. The predicted molar refractivity (Wildman–Crippen MR) is 69.3 cm³/mol. The summed E-state index contributed by atoms with van der Waals surface area (Å²) >= 11 is 0. The monoisotopic (exact) mass is 235 g/mol. The van der Waals surface area contributed by atoms with E-state index in [0.717, 1.165) is 12.8 Å². The molecule has 1 aromatic rings. The van der Waals surface area contributed by atoms with Gasteiger partial charge in [-0.05, 0) is 24.8 Å². The third-order valence-corrected chi connectivity index (χ3v) is 2.62. The van der Waals surface area contributed by atoms with Gasteiger partial charge in [0.05, 0.1) is 4.92 Å². The van der Waals surface area contributed by atoms with E-state index in [0.29, 0.717) is 11.6 Å². The largest absolute Gasteiger partial charge is 0.294 e. The van der Waals surface area contributed by atoms with E-state index in [9.17, 15) is 10.1 Å². The molecule has 0 fully saturated rings. The lowest BCUT2D eigenvalue weighted by molar-refractivity contribution is -0.384. The van der Waals surface area contributed by atoms with E-state index in [4.69, 9.17) is 0 Å². The third kappa shape index (κ3) is 3.86. The Bertz CT molecular complexity index is 400. The Morgan fingerprint density at radius 1 is 1.41 bits per heavy atom. The van der Waals surface area contributed by atoms with Crippen LogP contribution >= 0.6 is 0 Å². The molecule has 0 atom stereocenters.